The summed E-state index contributed by atoms with van der Waals surface area (Å²) in [6, 6.07) is 9.43. The van der Waals surface area contributed by atoms with Gasteiger partial charge in [0.25, 0.3) is 0 Å². The van der Waals surface area contributed by atoms with E-state index in [4.69, 9.17) is 9.84 Å². The monoisotopic (exact) mass is 279 g/mol. The van der Waals surface area contributed by atoms with Gasteiger partial charge < -0.3 is 15.2 Å². The second-order valence-corrected chi connectivity index (χ2v) is 4.78. The van der Waals surface area contributed by atoms with Crippen molar-refractivity contribution in [2.24, 2.45) is 0 Å². The second kappa shape index (κ2) is 8.32. The standard InChI is InChI=1S/C15H21NO4/c1-11(8-9-14(17)18)16-15(19)12(2)20-10-13-6-4-3-5-7-13/h3-7,11-12H,8-10H2,1-2H3,(H,16,19)(H,17,18). The number of hydrogen-bond donors (Lipinski definition) is 2. The first-order valence-electron chi connectivity index (χ1n) is 6.66. The van der Waals surface area contributed by atoms with Gasteiger partial charge in [-0.05, 0) is 25.8 Å². The minimum atomic E-state index is -0.862. The molecule has 0 aliphatic carbocycles. The van der Waals surface area contributed by atoms with Crippen molar-refractivity contribution < 1.29 is 19.4 Å². The summed E-state index contributed by atoms with van der Waals surface area (Å²) in [5, 5.41) is 11.3. The van der Waals surface area contributed by atoms with Crippen molar-refractivity contribution in [2.45, 2.75) is 45.4 Å². The third-order valence-electron chi connectivity index (χ3n) is 2.89. The van der Waals surface area contributed by atoms with Crippen LogP contribution < -0.4 is 5.32 Å². The van der Waals surface area contributed by atoms with Gasteiger partial charge in [0.2, 0.25) is 5.91 Å². The highest BCUT2D eigenvalue weighted by Gasteiger charge is 2.16. The Kier molecular flexibility index (Phi) is 6.73. The molecule has 2 atom stereocenters. The molecule has 0 bridgehead atoms. The number of aliphatic carboxylic acids is 1. The van der Waals surface area contributed by atoms with Gasteiger partial charge in [-0.1, -0.05) is 30.3 Å². The molecule has 0 spiro atoms. The first kappa shape index (κ1) is 16.2. The molecule has 0 radical (unpaired) electrons. The van der Waals surface area contributed by atoms with E-state index < -0.39 is 12.1 Å². The number of carbonyl (C=O) groups excluding carboxylic acids is 1. The fourth-order valence-electron chi connectivity index (χ4n) is 1.64. The Bertz CT molecular complexity index is 433. The van der Waals surface area contributed by atoms with Crippen LogP contribution in [0.5, 0.6) is 0 Å². The molecule has 0 aliphatic rings. The Morgan fingerprint density at radius 3 is 2.50 bits per heavy atom. The Morgan fingerprint density at radius 1 is 1.25 bits per heavy atom. The summed E-state index contributed by atoms with van der Waals surface area (Å²) in [6.45, 7) is 3.84. The molecule has 110 valence electrons. The minimum absolute atomic E-state index is 0.0424. The molecule has 0 saturated heterocycles. The molecule has 0 saturated carbocycles. The van der Waals surface area contributed by atoms with E-state index in [1.807, 2.05) is 30.3 Å². The van der Waals surface area contributed by atoms with Gasteiger partial charge >= 0.3 is 5.97 Å². The smallest absolute Gasteiger partial charge is 0.303 e. The number of rotatable bonds is 8. The van der Waals surface area contributed by atoms with Crippen molar-refractivity contribution in [3.05, 3.63) is 35.9 Å². The van der Waals surface area contributed by atoms with Crippen molar-refractivity contribution in [2.75, 3.05) is 0 Å². The molecule has 2 N–H and O–H groups in total. The van der Waals surface area contributed by atoms with Crippen molar-refractivity contribution in [1.29, 1.82) is 0 Å². The number of ether oxygens (including phenoxy) is 1. The average molecular weight is 279 g/mol. The van der Waals surface area contributed by atoms with E-state index in [9.17, 15) is 9.59 Å². The zero-order chi connectivity index (χ0) is 15.0. The van der Waals surface area contributed by atoms with Crippen molar-refractivity contribution >= 4 is 11.9 Å². The Balaban J connectivity index is 2.30. The van der Waals surface area contributed by atoms with Gasteiger partial charge in [-0.15, -0.1) is 0 Å². The summed E-state index contributed by atoms with van der Waals surface area (Å²) in [7, 11) is 0. The van der Waals surface area contributed by atoms with E-state index in [1.165, 1.54) is 0 Å². The fourth-order valence-corrected chi connectivity index (χ4v) is 1.64. The second-order valence-electron chi connectivity index (χ2n) is 4.78. The highest BCUT2D eigenvalue weighted by Crippen LogP contribution is 2.04. The minimum Gasteiger partial charge on any atom is -0.481 e. The molecule has 0 fully saturated rings. The SMILES string of the molecule is CC(CCC(=O)O)NC(=O)C(C)OCc1ccccc1. The van der Waals surface area contributed by atoms with Gasteiger partial charge in [-0.3, -0.25) is 9.59 Å². The lowest BCUT2D eigenvalue weighted by Gasteiger charge is -2.17. The van der Waals surface area contributed by atoms with Gasteiger partial charge in [0.15, 0.2) is 0 Å². The van der Waals surface area contributed by atoms with Crippen LogP contribution >= 0.6 is 0 Å². The van der Waals surface area contributed by atoms with Crippen LogP contribution in [0.15, 0.2) is 30.3 Å². The molecule has 5 nitrogen and oxygen atoms in total. The summed E-state index contributed by atoms with van der Waals surface area (Å²) in [5.74, 6) is -1.08. The van der Waals surface area contributed by atoms with E-state index in [1.54, 1.807) is 13.8 Å². The first-order chi connectivity index (χ1) is 9.49. The van der Waals surface area contributed by atoms with E-state index >= 15 is 0 Å². The Hall–Kier alpha value is -1.88. The lowest BCUT2D eigenvalue weighted by Crippen LogP contribution is -2.40. The van der Waals surface area contributed by atoms with Crippen LogP contribution in [0.3, 0.4) is 0 Å². The molecule has 2 unspecified atom stereocenters. The van der Waals surface area contributed by atoms with Gasteiger partial charge in [0, 0.05) is 12.5 Å². The number of amides is 1. The largest absolute Gasteiger partial charge is 0.481 e. The van der Waals surface area contributed by atoms with Crippen LogP contribution in [0.25, 0.3) is 0 Å². The first-order valence-corrected chi connectivity index (χ1v) is 6.66. The molecule has 0 aromatic heterocycles. The van der Waals surface area contributed by atoms with Crippen LogP contribution in [0, 0.1) is 0 Å². The van der Waals surface area contributed by atoms with Gasteiger partial charge in [-0.25, -0.2) is 0 Å². The molecule has 1 amide bonds. The Labute approximate surface area is 118 Å². The molecule has 1 aromatic carbocycles. The van der Waals surface area contributed by atoms with Crippen molar-refractivity contribution in [3.63, 3.8) is 0 Å². The zero-order valence-electron chi connectivity index (χ0n) is 11.8. The maximum atomic E-state index is 11.8. The number of carbonyl (C=O) groups is 2. The molecular formula is C15H21NO4. The maximum absolute atomic E-state index is 11.8. The molecule has 5 heteroatoms. The van der Waals surface area contributed by atoms with E-state index in [0.717, 1.165) is 5.56 Å². The number of nitrogens with one attached hydrogen (secondary N) is 1. The summed E-state index contributed by atoms with van der Waals surface area (Å²) >= 11 is 0. The lowest BCUT2D eigenvalue weighted by atomic mass is 10.2. The summed E-state index contributed by atoms with van der Waals surface area (Å²) < 4.78 is 5.49. The lowest BCUT2D eigenvalue weighted by molar-refractivity contribution is -0.138. The van der Waals surface area contributed by atoms with E-state index in [2.05, 4.69) is 5.32 Å². The average Bonchev–Trinajstić information content (AvgIpc) is 2.43. The predicted octanol–water partition coefficient (Wildman–Crippen LogP) is 1.96. The van der Waals surface area contributed by atoms with Crippen molar-refractivity contribution in [3.8, 4) is 0 Å². The summed E-state index contributed by atoms with van der Waals surface area (Å²) in [5.41, 5.74) is 1.01. The quantitative estimate of drug-likeness (QED) is 0.762. The van der Waals surface area contributed by atoms with Crippen LogP contribution in [-0.2, 0) is 20.9 Å². The normalized spacial score (nSPS) is 13.5. The summed E-state index contributed by atoms with van der Waals surface area (Å²) in [6.07, 6.45) is -0.116. The van der Waals surface area contributed by atoms with Gasteiger partial charge in [-0.2, -0.15) is 0 Å². The predicted molar refractivity (Wildman–Crippen MR) is 75.2 cm³/mol. The zero-order valence-corrected chi connectivity index (χ0v) is 11.8. The van der Waals surface area contributed by atoms with Crippen LogP contribution in [0.4, 0.5) is 0 Å². The number of carboxylic acid groups (broad SMARTS) is 1. The molecule has 0 aliphatic heterocycles. The molecule has 20 heavy (non-hydrogen) atoms. The third-order valence-corrected chi connectivity index (χ3v) is 2.89. The van der Waals surface area contributed by atoms with Crippen LogP contribution in [0.1, 0.15) is 32.3 Å². The molecular weight excluding hydrogens is 258 g/mol. The van der Waals surface area contributed by atoms with E-state index in [0.29, 0.717) is 13.0 Å². The fraction of sp³-hybridized carbons (Fsp3) is 0.467. The van der Waals surface area contributed by atoms with Crippen LogP contribution in [0.2, 0.25) is 0 Å². The van der Waals surface area contributed by atoms with Gasteiger partial charge in [0.05, 0.1) is 6.61 Å². The number of hydrogen-bond acceptors (Lipinski definition) is 3. The summed E-state index contributed by atoms with van der Waals surface area (Å²) in [4.78, 5) is 22.3. The molecule has 1 aromatic rings. The van der Waals surface area contributed by atoms with Crippen molar-refractivity contribution in [1.82, 2.24) is 5.32 Å². The highest BCUT2D eigenvalue weighted by atomic mass is 16.5. The maximum Gasteiger partial charge on any atom is 0.303 e. The van der Waals surface area contributed by atoms with Gasteiger partial charge in [0.1, 0.15) is 6.10 Å². The molecule has 1 rings (SSSR count). The van der Waals surface area contributed by atoms with E-state index in [-0.39, 0.29) is 18.4 Å². The Morgan fingerprint density at radius 2 is 1.90 bits per heavy atom. The van der Waals surface area contributed by atoms with Crippen LogP contribution in [-0.4, -0.2) is 29.1 Å². The molecule has 0 heterocycles. The highest BCUT2D eigenvalue weighted by molar-refractivity contribution is 5.80. The topological polar surface area (TPSA) is 75.6 Å². The third kappa shape index (κ3) is 6.33. The number of carboxylic acids is 1. The number of benzene rings is 1.